The number of nitrogens with zero attached hydrogens (tertiary/aromatic N) is 6. The van der Waals surface area contributed by atoms with E-state index in [2.05, 4.69) is 92.4 Å². The van der Waals surface area contributed by atoms with Crippen molar-refractivity contribution in [3.63, 3.8) is 0 Å². The first-order valence-corrected chi connectivity index (χ1v) is 32.6. The first-order chi connectivity index (χ1) is 48.4. The highest BCUT2D eigenvalue weighted by atomic mass is 16.2. The topological polar surface area (TPSA) is 107 Å². The average molecular weight is 1260 g/mol. The lowest BCUT2D eigenvalue weighted by molar-refractivity contribution is 0.0974. The van der Waals surface area contributed by atoms with Crippen LogP contribution in [0.1, 0.15) is 47.0 Å². The first-order valence-electron chi connectivity index (χ1n) is 32.6. The maximum Gasteiger partial charge on any atom is 0.199 e. The second-order valence-electron chi connectivity index (χ2n) is 24.5. The van der Waals surface area contributed by atoms with E-state index in [1.807, 2.05) is 224 Å². The van der Waals surface area contributed by atoms with Gasteiger partial charge in [0.2, 0.25) is 0 Å². The Morgan fingerprint density at radius 1 is 0.306 bits per heavy atom. The number of para-hydroxylation sites is 6. The van der Waals surface area contributed by atoms with E-state index in [9.17, 15) is 9.59 Å². The van der Waals surface area contributed by atoms with Crippen molar-refractivity contribution in [2.75, 3.05) is 19.6 Å². The van der Waals surface area contributed by atoms with E-state index in [1.165, 1.54) is 0 Å². The van der Waals surface area contributed by atoms with Gasteiger partial charge in [-0.25, -0.2) is 9.97 Å². The Balaban J connectivity index is 0.924. The van der Waals surface area contributed by atoms with Gasteiger partial charge in [-0.1, -0.05) is 243 Å². The number of benzene rings is 13. The van der Waals surface area contributed by atoms with Crippen molar-refractivity contribution in [3.05, 3.63) is 378 Å². The van der Waals surface area contributed by atoms with Gasteiger partial charge in [0, 0.05) is 66.9 Å². The summed E-state index contributed by atoms with van der Waals surface area (Å²) in [5.41, 5.74) is 13.3. The third-order valence-electron chi connectivity index (χ3n) is 19.0. The van der Waals surface area contributed by atoms with Crippen molar-refractivity contribution >= 4 is 107 Å². The number of Topliss-reactive ketones (excluding diaryl/α,β-unsaturated/α-hetero) is 4. The van der Waals surface area contributed by atoms with Crippen LogP contribution in [0.25, 0.3) is 71.5 Å². The fourth-order valence-corrected chi connectivity index (χ4v) is 14.8. The van der Waals surface area contributed by atoms with Gasteiger partial charge in [-0.3, -0.25) is 38.8 Å². The number of hydrogen-bond acceptors (Lipinski definition) is 10. The summed E-state index contributed by atoms with van der Waals surface area (Å²) in [6, 6.07) is 102. The van der Waals surface area contributed by atoms with Crippen LogP contribution in [0.3, 0.4) is 0 Å². The smallest absolute Gasteiger partial charge is 0.199 e. The summed E-state index contributed by atoms with van der Waals surface area (Å²) in [7, 11) is 0. The summed E-state index contributed by atoms with van der Waals surface area (Å²) >= 11 is 0. The largest absolute Gasteiger partial charge is 0.293 e. The molecular weight excluding hydrogens is 1210 g/mol. The third-order valence-corrected chi connectivity index (χ3v) is 19.0. The predicted molar refractivity (Wildman–Crippen MR) is 393 cm³/mol. The highest BCUT2D eigenvalue weighted by Gasteiger charge is 2.45. The number of carbonyl (C=O) groups excluding carboxylic acids is 4. The van der Waals surface area contributed by atoms with Gasteiger partial charge >= 0.3 is 0 Å². The quantitative estimate of drug-likeness (QED) is 0.0746. The van der Waals surface area contributed by atoms with Gasteiger partial charge < -0.3 is 0 Å². The van der Waals surface area contributed by atoms with E-state index in [1.54, 1.807) is 30.3 Å². The lowest BCUT2D eigenvalue weighted by atomic mass is 9.82. The maximum atomic E-state index is 17.1. The Morgan fingerprint density at radius 2 is 0.724 bits per heavy atom. The van der Waals surface area contributed by atoms with Crippen LogP contribution in [0.4, 0.5) is 45.8 Å². The summed E-state index contributed by atoms with van der Waals surface area (Å²) in [4.78, 5) is 81.5. The second-order valence-corrected chi connectivity index (χ2v) is 24.5. The van der Waals surface area contributed by atoms with E-state index in [0.29, 0.717) is 78.8 Å². The molecule has 2 aliphatic carbocycles. The summed E-state index contributed by atoms with van der Waals surface area (Å²) < 4.78 is 0. The maximum absolute atomic E-state index is 17.1. The fraction of sp³-hybridized carbons (Fsp3) is 0. The van der Waals surface area contributed by atoms with Gasteiger partial charge in [0.05, 0.1) is 33.6 Å². The van der Waals surface area contributed by atoms with Crippen LogP contribution in [-0.4, -0.2) is 33.1 Å². The first kappa shape index (κ1) is 57.2. The number of hydrogen-bond donors (Lipinski definition) is 0. The Bertz CT molecular complexity index is 5690. The lowest BCUT2D eigenvalue weighted by Crippen LogP contribution is -2.22. The monoisotopic (exact) mass is 1260 g/mol. The minimum Gasteiger partial charge on any atom is -0.293 e. The number of anilines is 8. The molecule has 0 amide bonds. The average Bonchev–Trinajstić information content (AvgIpc) is 1.41. The Hall–Kier alpha value is -13.4. The third kappa shape index (κ3) is 9.03. The number of rotatable bonds is 10. The molecule has 2 aliphatic heterocycles. The molecule has 0 fully saturated rings. The summed E-state index contributed by atoms with van der Waals surface area (Å²) in [5.74, 6) is 0.993. The normalized spacial score (nSPS) is 14.8. The van der Waals surface area contributed by atoms with Crippen molar-refractivity contribution in [2.45, 2.75) is 0 Å². The molecule has 10 heteroatoms. The van der Waals surface area contributed by atoms with Gasteiger partial charge in [-0.2, -0.15) is 0 Å². The predicted octanol–water partition coefficient (Wildman–Crippen LogP) is 20.7. The van der Waals surface area contributed by atoms with Crippen molar-refractivity contribution in [2.24, 2.45) is 0 Å². The molecule has 0 saturated carbocycles. The van der Waals surface area contributed by atoms with Gasteiger partial charge in [0.25, 0.3) is 0 Å². The number of ketones is 4. The van der Waals surface area contributed by atoms with E-state index in [0.717, 1.165) is 77.9 Å². The highest BCUT2D eigenvalue weighted by molar-refractivity contribution is 6.46. The number of fused-ring (bicyclic) bond motifs is 10. The van der Waals surface area contributed by atoms with E-state index in [4.69, 9.17) is 9.97 Å². The minimum atomic E-state index is -0.417. The molecule has 0 unspecified atom stereocenters. The summed E-state index contributed by atoms with van der Waals surface area (Å²) in [6.45, 7) is 0. The molecule has 3 heterocycles. The number of allylic oxidation sites excluding steroid dienone is 6. The number of carbonyl (C=O) groups is 4. The molecule has 10 nitrogen and oxygen atoms in total. The molecule has 0 spiro atoms. The molecule has 0 N–H and O–H groups in total. The molecule has 0 bridgehead atoms. The molecule has 460 valence electrons. The zero-order valence-electron chi connectivity index (χ0n) is 52.5. The molecule has 1 aromatic heterocycles. The molecule has 18 rings (SSSR count). The Labute approximate surface area is 564 Å². The summed E-state index contributed by atoms with van der Waals surface area (Å²) in [6.07, 6.45) is 5.55. The molecule has 0 radical (unpaired) electrons. The van der Waals surface area contributed by atoms with E-state index < -0.39 is 11.6 Å². The van der Waals surface area contributed by atoms with Crippen LogP contribution in [0.5, 0.6) is 0 Å². The molecule has 14 aromatic rings. The van der Waals surface area contributed by atoms with Crippen LogP contribution < -0.4 is 19.6 Å². The van der Waals surface area contributed by atoms with Crippen molar-refractivity contribution in [1.29, 1.82) is 0 Å². The molecular formula is C88H54N6O4. The zero-order chi connectivity index (χ0) is 65.5. The highest BCUT2D eigenvalue weighted by Crippen LogP contribution is 2.59. The SMILES string of the molecule is O=C1C(=C/C=C2/N(c3ccccc3)c3c(c4cccc(-c5cc(-c6ccccc6)c6c(c5-c5ccccc5)C(=O)/C(=C(/C=C5N(c7ccccc7)c7nc8ccccc8nc7N5c5ccccc5)c5ccccc5)C6=O)c4c4ccccc34)N2c2ccccc2)C(=O)c2ccccc21. The molecule has 98 heavy (non-hydrogen) atoms. The van der Waals surface area contributed by atoms with Gasteiger partial charge in [0.1, 0.15) is 11.6 Å². The van der Waals surface area contributed by atoms with Crippen LogP contribution in [0.2, 0.25) is 0 Å². The molecule has 0 atom stereocenters. The Kier molecular flexibility index (Phi) is 13.6. The standard InChI is InChI=1S/C88H54N6O4/c95-83-65-45-24-25-46-66(65)84(96)68(83)51-52-74-91(58-35-14-4-15-36-58)81-64-44-23-22-43-62(64)77-63(47-28-48-67(77)82(81)92(74)59-37-16-5-17-38-59)71-53-69(55-29-8-1-9-30-55)78-80(76(71)57-33-12-3-13-34-57)86(98)79(85(78)97)70(56-31-10-2-11-32-56)54-75-93(60-39-18-6-19-40-60)87-88(94(75)61-41-20-7-21-42-61)90-73-50-27-26-49-72(73)89-87/h1-54H/b74-52-,79-70-. The van der Waals surface area contributed by atoms with E-state index >= 15 is 9.59 Å². The van der Waals surface area contributed by atoms with Gasteiger partial charge in [0.15, 0.2) is 34.8 Å². The number of aromatic nitrogens is 2. The second kappa shape index (κ2) is 23.2. The minimum absolute atomic E-state index is 0.0214. The van der Waals surface area contributed by atoms with Crippen molar-refractivity contribution < 1.29 is 19.2 Å². The lowest BCUT2D eigenvalue weighted by Gasteiger charge is -2.26. The van der Waals surface area contributed by atoms with Gasteiger partial charge in [-0.15, -0.1) is 0 Å². The Morgan fingerprint density at radius 3 is 1.27 bits per heavy atom. The molecule has 4 aliphatic rings. The molecule has 13 aromatic carbocycles. The van der Waals surface area contributed by atoms with Crippen molar-refractivity contribution in [3.8, 4) is 33.4 Å². The van der Waals surface area contributed by atoms with Crippen LogP contribution in [0.15, 0.2) is 350 Å². The van der Waals surface area contributed by atoms with Crippen molar-refractivity contribution in [1.82, 2.24) is 9.97 Å². The summed E-state index contributed by atoms with van der Waals surface area (Å²) in [5, 5.41) is 3.65. The van der Waals surface area contributed by atoms with Crippen LogP contribution >= 0.6 is 0 Å². The fourth-order valence-electron chi connectivity index (χ4n) is 14.8. The van der Waals surface area contributed by atoms with Crippen LogP contribution in [-0.2, 0) is 0 Å². The van der Waals surface area contributed by atoms with E-state index in [-0.39, 0.29) is 22.7 Å². The zero-order valence-corrected chi connectivity index (χ0v) is 52.5. The van der Waals surface area contributed by atoms with Gasteiger partial charge in [-0.05, 0) is 129 Å². The van der Waals surface area contributed by atoms with Crippen LogP contribution in [0, 0.1) is 0 Å². The molecule has 0 saturated heterocycles.